The molecule has 0 bridgehead atoms. The molecule has 2 aliphatic heterocycles. The molecule has 12 rings (SSSR count). The maximum Gasteiger partial charge on any atom is 0.234 e. The molecule has 6 heteroatoms. The van der Waals surface area contributed by atoms with Gasteiger partial charge < -0.3 is 9.64 Å². The van der Waals surface area contributed by atoms with Crippen LogP contribution in [-0.4, -0.2) is 14.8 Å². The lowest BCUT2D eigenvalue weighted by Gasteiger charge is -2.45. The lowest BCUT2D eigenvalue weighted by molar-refractivity contribution is 0.477. The SMILES string of the molecule is c1ccc(Cn2nc(-c3ccccc3)nc2N2c3ccccc3Oc3c2ccc2c3-c3ccccc3C23c2ccccc2N(c2ccccc2)c2ccccc23)cc1. The van der Waals surface area contributed by atoms with E-state index in [1.54, 1.807) is 0 Å². The van der Waals surface area contributed by atoms with Crippen LogP contribution in [0.15, 0.2) is 200 Å². The minimum absolute atomic E-state index is 0.549. The molecule has 1 aliphatic carbocycles. The molecule has 0 atom stereocenters. The molecule has 6 nitrogen and oxygen atoms in total. The summed E-state index contributed by atoms with van der Waals surface area (Å²) in [6.45, 7) is 0.549. The Hall–Kier alpha value is -7.70. The number of ether oxygens (including phenoxy) is 1. The Morgan fingerprint density at radius 2 is 1.05 bits per heavy atom. The lowest BCUT2D eigenvalue weighted by atomic mass is 9.64. The molecule has 58 heavy (non-hydrogen) atoms. The zero-order valence-electron chi connectivity index (χ0n) is 31.4. The second-order valence-corrected chi connectivity index (χ2v) is 15.0. The monoisotopic (exact) mass is 745 g/mol. The molecule has 9 aromatic rings. The highest BCUT2D eigenvalue weighted by Crippen LogP contribution is 2.67. The fourth-order valence-electron chi connectivity index (χ4n) is 9.54. The first-order valence-corrected chi connectivity index (χ1v) is 19.7. The number of nitrogens with zero attached hydrogens (tertiary/aromatic N) is 5. The van der Waals surface area contributed by atoms with Crippen molar-refractivity contribution >= 4 is 34.4 Å². The Kier molecular flexibility index (Phi) is 7.10. The molecule has 1 spiro atoms. The maximum atomic E-state index is 7.17. The van der Waals surface area contributed by atoms with Gasteiger partial charge in [0, 0.05) is 16.8 Å². The summed E-state index contributed by atoms with van der Waals surface area (Å²) in [5.74, 6) is 2.95. The molecule has 0 unspecified atom stereocenters. The fourth-order valence-corrected chi connectivity index (χ4v) is 9.54. The molecule has 3 aliphatic rings. The van der Waals surface area contributed by atoms with Crippen molar-refractivity contribution in [3.05, 3.63) is 228 Å². The van der Waals surface area contributed by atoms with E-state index in [-0.39, 0.29) is 0 Å². The highest BCUT2D eigenvalue weighted by molar-refractivity contribution is 6.01. The third-order valence-electron chi connectivity index (χ3n) is 11.9. The molecule has 3 heterocycles. The van der Waals surface area contributed by atoms with Crippen molar-refractivity contribution < 1.29 is 4.74 Å². The molecule has 0 fully saturated rings. The molecular weight excluding hydrogens is 711 g/mol. The molecule has 0 saturated heterocycles. The summed E-state index contributed by atoms with van der Waals surface area (Å²) >= 11 is 0. The average molecular weight is 746 g/mol. The van der Waals surface area contributed by atoms with E-state index in [2.05, 4.69) is 180 Å². The maximum absolute atomic E-state index is 7.17. The van der Waals surface area contributed by atoms with E-state index < -0.39 is 5.41 Å². The zero-order chi connectivity index (χ0) is 38.2. The van der Waals surface area contributed by atoms with Gasteiger partial charge in [-0.15, -0.1) is 5.10 Å². The number of para-hydroxylation sites is 5. The van der Waals surface area contributed by atoms with Gasteiger partial charge >= 0.3 is 0 Å². The molecular formula is C52H35N5O. The molecule has 274 valence electrons. The normalized spacial score (nSPS) is 13.8. The highest BCUT2D eigenvalue weighted by Gasteiger charge is 2.53. The van der Waals surface area contributed by atoms with E-state index in [0.29, 0.717) is 18.3 Å². The van der Waals surface area contributed by atoms with Crippen molar-refractivity contribution in [1.82, 2.24) is 14.8 Å². The van der Waals surface area contributed by atoms with Gasteiger partial charge in [0.05, 0.1) is 34.7 Å². The Morgan fingerprint density at radius 3 is 1.78 bits per heavy atom. The third kappa shape index (κ3) is 4.60. The minimum Gasteiger partial charge on any atom is -0.452 e. The number of anilines is 6. The van der Waals surface area contributed by atoms with E-state index in [0.717, 1.165) is 62.2 Å². The smallest absolute Gasteiger partial charge is 0.234 e. The third-order valence-corrected chi connectivity index (χ3v) is 11.9. The van der Waals surface area contributed by atoms with Crippen LogP contribution in [0.25, 0.3) is 22.5 Å². The van der Waals surface area contributed by atoms with Crippen molar-refractivity contribution in [1.29, 1.82) is 0 Å². The first-order chi connectivity index (χ1) is 28.8. The van der Waals surface area contributed by atoms with E-state index in [1.807, 2.05) is 35.0 Å². The van der Waals surface area contributed by atoms with Gasteiger partial charge in [-0.2, -0.15) is 4.98 Å². The van der Waals surface area contributed by atoms with Crippen molar-refractivity contribution in [2.45, 2.75) is 12.0 Å². The van der Waals surface area contributed by atoms with Crippen LogP contribution in [-0.2, 0) is 12.0 Å². The number of aromatic nitrogens is 3. The van der Waals surface area contributed by atoms with Crippen molar-refractivity contribution in [2.24, 2.45) is 0 Å². The Morgan fingerprint density at radius 1 is 0.466 bits per heavy atom. The quantitative estimate of drug-likeness (QED) is 0.176. The van der Waals surface area contributed by atoms with Crippen LogP contribution in [0.5, 0.6) is 11.5 Å². The van der Waals surface area contributed by atoms with Gasteiger partial charge in [-0.05, 0) is 75.8 Å². The summed E-state index contributed by atoms with van der Waals surface area (Å²) < 4.78 is 9.20. The lowest BCUT2D eigenvalue weighted by Crippen LogP contribution is -2.36. The molecule has 0 radical (unpaired) electrons. The molecule has 1 aromatic heterocycles. The van der Waals surface area contributed by atoms with Gasteiger partial charge in [0.1, 0.15) is 0 Å². The summed E-state index contributed by atoms with van der Waals surface area (Å²) in [4.78, 5) is 9.98. The molecule has 0 saturated carbocycles. The van der Waals surface area contributed by atoms with Gasteiger partial charge in [0.2, 0.25) is 5.95 Å². The number of hydrogen-bond acceptors (Lipinski definition) is 5. The standard InChI is InChI=1S/C52H35N5O/c1-4-18-35(19-5-1)34-55-51(53-50(54-55)36-20-6-2-7-21-36)57-45-30-16-17-31-47(45)58-49-46(57)33-32-42-48(49)38-24-10-11-25-39(38)52(42)40-26-12-14-28-43(40)56(37-22-8-3-9-23-37)44-29-15-13-27-41(44)52/h1-33H,34H2. The van der Waals surface area contributed by atoms with Crippen LogP contribution >= 0.6 is 0 Å². The predicted octanol–water partition coefficient (Wildman–Crippen LogP) is 12.7. The van der Waals surface area contributed by atoms with E-state index in [4.69, 9.17) is 14.8 Å². The Balaban J connectivity index is 1.13. The van der Waals surface area contributed by atoms with Gasteiger partial charge in [-0.1, -0.05) is 158 Å². The highest BCUT2D eigenvalue weighted by atomic mass is 16.5. The largest absolute Gasteiger partial charge is 0.452 e. The number of rotatable bonds is 5. The van der Waals surface area contributed by atoms with Gasteiger partial charge in [0.25, 0.3) is 0 Å². The van der Waals surface area contributed by atoms with Crippen LogP contribution < -0.4 is 14.5 Å². The molecule has 0 amide bonds. The van der Waals surface area contributed by atoms with E-state index in [9.17, 15) is 0 Å². The van der Waals surface area contributed by atoms with Crippen LogP contribution in [0.2, 0.25) is 0 Å². The Labute approximate surface area is 336 Å². The van der Waals surface area contributed by atoms with Gasteiger partial charge in [-0.25, -0.2) is 4.68 Å². The Bertz CT molecular complexity index is 2980. The predicted molar refractivity (Wildman–Crippen MR) is 231 cm³/mol. The van der Waals surface area contributed by atoms with Crippen LogP contribution in [0, 0.1) is 0 Å². The number of hydrogen-bond donors (Lipinski definition) is 0. The van der Waals surface area contributed by atoms with Gasteiger partial charge in [0.15, 0.2) is 17.3 Å². The zero-order valence-corrected chi connectivity index (χ0v) is 31.4. The number of benzene rings is 8. The van der Waals surface area contributed by atoms with Crippen molar-refractivity contribution in [2.75, 3.05) is 9.80 Å². The minimum atomic E-state index is -0.613. The summed E-state index contributed by atoms with van der Waals surface area (Å²) in [5.41, 5.74) is 13.9. The second-order valence-electron chi connectivity index (χ2n) is 15.0. The van der Waals surface area contributed by atoms with Crippen LogP contribution in [0.4, 0.5) is 34.4 Å². The summed E-state index contributed by atoms with van der Waals surface area (Å²) in [7, 11) is 0. The van der Waals surface area contributed by atoms with Crippen LogP contribution in [0.1, 0.15) is 27.8 Å². The van der Waals surface area contributed by atoms with Gasteiger partial charge in [-0.3, -0.25) is 4.90 Å². The fraction of sp³-hybridized carbons (Fsp3) is 0.0385. The first-order valence-electron chi connectivity index (χ1n) is 19.7. The summed E-state index contributed by atoms with van der Waals surface area (Å²) in [6, 6.07) is 70.9. The van der Waals surface area contributed by atoms with Crippen molar-refractivity contribution in [3.8, 4) is 34.0 Å². The second kappa shape index (κ2) is 12.7. The molecule has 8 aromatic carbocycles. The van der Waals surface area contributed by atoms with Crippen molar-refractivity contribution in [3.63, 3.8) is 0 Å². The summed E-state index contributed by atoms with van der Waals surface area (Å²) in [6.07, 6.45) is 0. The topological polar surface area (TPSA) is 46.4 Å². The molecule has 0 N–H and O–H groups in total. The summed E-state index contributed by atoms with van der Waals surface area (Å²) in [5, 5.41) is 5.17. The van der Waals surface area contributed by atoms with E-state index in [1.165, 1.54) is 22.3 Å². The first kappa shape index (κ1) is 32.5. The van der Waals surface area contributed by atoms with E-state index >= 15 is 0 Å². The average Bonchev–Trinajstić information content (AvgIpc) is 3.84. The van der Waals surface area contributed by atoms with Crippen LogP contribution in [0.3, 0.4) is 0 Å². The number of fused-ring (bicyclic) bond motifs is 12.